The van der Waals surface area contributed by atoms with Crippen molar-refractivity contribution in [1.29, 1.82) is 0 Å². The quantitative estimate of drug-likeness (QED) is 0.781. The molecule has 3 heterocycles. The molecule has 0 bridgehead atoms. The molecule has 6 heteroatoms. The molecule has 2 aromatic heterocycles. The normalized spacial score (nSPS) is 18.2. The number of furan rings is 1. The van der Waals surface area contributed by atoms with E-state index in [0.717, 1.165) is 61.1 Å². The van der Waals surface area contributed by atoms with E-state index in [1.165, 1.54) is 12.8 Å². The van der Waals surface area contributed by atoms with Gasteiger partial charge in [0.15, 0.2) is 11.4 Å². The van der Waals surface area contributed by atoms with Gasteiger partial charge in [0, 0.05) is 24.5 Å². The maximum Gasteiger partial charge on any atom is 0.289 e. The first-order valence-corrected chi connectivity index (χ1v) is 9.55. The van der Waals surface area contributed by atoms with Crippen molar-refractivity contribution in [2.24, 2.45) is 0 Å². The van der Waals surface area contributed by atoms with Crippen LogP contribution in [0.1, 0.15) is 49.1 Å². The Morgan fingerprint density at radius 1 is 1.08 bits per heavy atom. The second-order valence-corrected chi connectivity index (χ2v) is 7.30. The van der Waals surface area contributed by atoms with Gasteiger partial charge >= 0.3 is 0 Å². The maximum absolute atomic E-state index is 12.6. The van der Waals surface area contributed by atoms with Crippen LogP contribution in [0.2, 0.25) is 0 Å². The van der Waals surface area contributed by atoms with Crippen LogP contribution in [0.5, 0.6) is 0 Å². The lowest BCUT2D eigenvalue weighted by molar-refractivity contribution is 0.0941. The summed E-state index contributed by atoms with van der Waals surface area (Å²) in [6, 6.07) is 8.12. The lowest BCUT2D eigenvalue weighted by Crippen LogP contribution is -2.30. The number of anilines is 1. The van der Waals surface area contributed by atoms with Gasteiger partial charge in [0.1, 0.15) is 11.1 Å². The summed E-state index contributed by atoms with van der Waals surface area (Å²) in [6.45, 7) is 1.87. The molecule has 1 N–H and O–H groups in total. The Balaban J connectivity index is 1.67. The zero-order valence-corrected chi connectivity index (χ0v) is 14.7. The van der Waals surface area contributed by atoms with Gasteiger partial charge in [0.25, 0.3) is 5.91 Å². The maximum atomic E-state index is 12.6. The predicted octanol–water partition coefficient (Wildman–Crippen LogP) is 3.65. The molecule has 1 saturated heterocycles. The van der Waals surface area contributed by atoms with Crippen LogP contribution in [0, 0.1) is 0 Å². The molecule has 6 nitrogen and oxygen atoms in total. The topological polar surface area (TPSA) is 71.3 Å². The highest BCUT2D eigenvalue weighted by Gasteiger charge is 2.27. The minimum Gasteiger partial charge on any atom is -0.450 e. The fourth-order valence-corrected chi connectivity index (χ4v) is 3.65. The average Bonchev–Trinajstić information content (AvgIpc) is 3.44. The van der Waals surface area contributed by atoms with Gasteiger partial charge in [0.2, 0.25) is 5.82 Å². The molecule has 134 valence electrons. The number of benzene rings is 1. The molecule has 5 rings (SSSR count). The monoisotopic (exact) mass is 350 g/mol. The molecule has 1 amide bonds. The molecular weight excluding hydrogens is 328 g/mol. The van der Waals surface area contributed by atoms with E-state index in [0.29, 0.717) is 5.58 Å². The van der Waals surface area contributed by atoms with Crippen molar-refractivity contribution in [2.75, 3.05) is 18.0 Å². The van der Waals surface area contributed by atoms with E-state index in [9.17, 15) is 4.79 Å². The third-order valence-corrected chi connectivity index (χ3v) is 5.22. The van der Waals surface area contributed by atoms with Gasteiger partial charge in [-0.3, -0.25) is 4.79 Å². The summed E-state index contributed by atoms with van der Waals surface area (Å²) in [6.07, 6.45) is 6.83. The van der Waals surface area contributed by atoms with Crippen molar-refractivity contribution < 1.29 is 9.21 Å². The zero-order valence-electron chi connectivity index (χ0n) is 14.7. The molecule has 0 spiro atoms. The molecule has 0 unspecified atom stereocenters. The van der Waals surface area contributed by atoms with E-state index in [4.69, 9.17) is 4.42 Å². The summed E-state index contributed by atoms with van der Waals surface area (Å²) in [7, 11) is 0. The second-order valence-electron chi connectivity index (χ2n) is 7.30. The summed E-state index contributed by atoms with van der Waals surface area (Å²) >= 11 is 0. The van der Waals surface area contributed by atoms with E-state index in [1.807, 2.05) is 24.3 Å². The predicted molar refractivity (Wildman–Crippen MR) is 100 cm³/mol. The SMILES string of the molecule is O=C(NC1CC1)c1nc(N2CCCCCC2)c2oc3ccccc3c2n1. The molecule has 1 saturated carbocycles. The van der Waals surface area contributed by atoms with Crippen LogP contribution in [0.15, 0.2) is 28.7 Å². The first kappa shape index (κ1) is 15.6. The smallest absolute Gasteiger partial charge is 0.289 e. The van der Waals surface area contributed by atoms with E-state index in [1.54, 1.807) is 0 Å². The van der Waals surface area contributed by atoms with Crippen LogP contribution in [0.3, 0.4) is 0 Å². The van der Waals surface area contributed by atoms with Gasteiger partial charge in [-0.2, -0.15) is 0 Å². The highest BCUT2D eigenvalue weighted by Crippen LogP contribution is 2.34. The third kappa shape index (κ3) is 2.79. The fourth-order valence-electron chi connectivity index (χ4n) is 3.65. The minimum atomic E-state index is -0.184. The van der Waals surface area contributed by atoms with Gasteiger partial charge in [0.05, 0.1) is 0 Å². The molecule has 2 aliphatic rings. The number of aromatic nitrogens is 2. The first-order chi connectivity index (χ1) is 12.8. The number of nitrogens with one attached hydrogen (secondary N) is 1. The molecule has 2 fully saturated rings. The molecule has 1 aromatic carbocycles. The molecule has 3 aromatic rings. The van der Waals surface area contributed by atoms with Crippen LogP contribution in [0.4, 0.5) is 5.82 Å². The van der Waals surface area contributed by atoms with Crippen molar-refractivity contribution in [3.8, 4) is 0 Å². The molecule has 0 radical (unpaired) electrons. The van der Waals surface area contributed by atoms with Gasteiger partial charge < -0.3 is 14.6 Å². The van der Waals surface area contributed by atoms with Crippen LogP contribution in [-0.2, 0) is 0 Å². The van der Waals surface area contributed by atoms with E-state index in [-0.39, 0.29) is 17.8 Å². The van der Waals surface area contributed by atoms with Gasteiger partial charge in [-0.1, -0.05) is 25.0 Å². The lowest BCUT2D eigenvalue weighted by Gasteiger charge is -2.21. The van der Waals surface area contributed by atoms with Crippen LogP contribution in [-0.4, -0.2) is 35.0 Å². The van der Waals surface area contributed by atoms with Crippen molar-refractivity contribution in [2.45, 2.75) is 44.6 Å². The number of nitrogens with zero attached hydrogens (tertiary/aromatic N) is 3. The Bertz CT molecular complexity index is 969. The summed E-state index contributed by atoms with van der Waals surface area (Å²) < 4.78 is 6.11. The Morgan fingerprint density at radius 3 is 2.62 bits per heavy atom. The number of carbonyl (C=O) groups excluding carboxylic acids is 1. The number of carbonyl (C=O) groups is 1. The number of fused-ring (bicyclic) bond motifs is 3. The Morgan fingerprint density at radius 2 is 1.85 bits per heavy atom. The number of hydrogen-bond donors (Lipinski definition) is 1. The van der Waals surface area contributed by atoms with Crippen molar-refractivity contribution in [3.05, 3.63) is 30.1 Å². The summed E-state index contributed by atoms with van der Waals surface area (Å²) in [5, 5.41) is 3.94. The first-order valence-electron chi connectivity index (χ1n) is 9.55. The van der Waals surface area contributed by atoms with Gasteiger partial charge in [-0.25, -0.2) is 9.97 Å². The lowest BCUT2D eigenvalue weighted by atomic mass is 10.2. The van der Waals surface area contributed by atoms with Crippen molar-refractivity contribution in [1.82, 2.24) is 15.3 Å². The Hall–Kier alpha value is -2.63. The van der Waals surface area contributed by atoms with Crippen LogP contribution < -0.4 is 10.2 Å². The summed E-state index contributed by atoms with van der Waals surface area (Å²) in [5.74, 6) is 0.819. The average molecular weight is 350 g/mol. The molecule has 26 heavy (non-hydrogen) atoms. The number of hydrogen-bond acceptors (Lipinski definition) is 5. The Kier molecular flexibility index (Phi) is 3.76. The standard InChI is InChI=1S/C20H22N4O2/c25-20(21-13-9-10-13)18-22-16-14-7-3-4-8-15(14)26-17(16)19(23-18)24-11-5-1-2-6-12-24/h3-4,7-8,13H,1-2,5-6,9-12H2,(H,21,25). The molecular formula is C20H22N4O2. The van der Waals surface area contributed by atoms with Crippen molar-refractivity contribution in [3.63, 3.8) is 0 Å². The van der Waals surface area contributed by atoms with Crippen LogP contribution >= 0.6 is 0 Å². The van der Waals surface area contributed by atoms with Crippen molar-refractivity contribution >= 4 is 33.8 Å². The third-order valence-electron chi connectivity index (χ3n) is 5.22. The molecule has 1 aliphatic heterocycles. The minimum absolute atomic E-state index is 0.184. The Labute approximate surface area is 151 Å². The van der Waals surface area contributed by atoms with E-state index < -0.39 is 0 Å². The van der Waals surface area contributed by atoms with Gasteiger partial charge in [-0.15, -0.1) is 0 Å². The number of rotatable bonds is 3. The highest BCUT2D eigenvalue weighted by atomic mass is 16.3. The fraction of sp³-hybridized carbons (Fsp3) is 0.450. The van der Waals surface area contributed by atoms with E-state index >= 15 is 0 Å². The number of amides is 1. The van der Waals surface area contributed by atoms with Crippen LogP contribution in [0.25, 0.3) is 22.1 Å². The second kappa shape index (κ2) is 6.27. The van der Waals surface area contributed by atoms with Gasteiger partial charge in [-0.05, 0) is 37.8 Å². The summed E-state index contributed by atoms with van der Waals surface area (Å²) in [5.41, 5.74) is 2.21. The zero-order chi connectivity index (χ0) is 17.5. The highest BCUT2D eigenvalue weighted by molar-refractivity contribution is 6.07. The van der Waals surface area contributed by atoms with E-state index in [2.05, 4.69) is 20.2 Å². The molecule has 0 atom stereocenters. The number of para-hydroxylation sites is 1. The largest absolute Gasteiger partial charge is 0.450 e. The molecule has 1 aliphatic carbocycles. The summed E-state index contributed by atoms with van der Waals surface area (Å²) in [4.78, 5) is 24.1.